The van der Waals surface area contributed by atoms with Crippen molar-refractivity contribution in [3.8, 4) is 5.75 Å². The highest BCUT2D eigenvalue weighted by Crippen LogP contribution is 2.16. The van der Waals surface area contributed by atoms with Crippen molar-refractivity contribution in [3.05, 3.63) is 29.8 Å². The summed E-state index contributed by atoms with van der Waals surface area (Å²) in [5.74, 6) is 0.772. The van der Waals surface area contributed by atoms with E-state index >= 15 is 0 Å². The van der Waals surface area contributed by atoms with Gasteiger partial charge in [0.15, 0.2) is 0 Å². The Hall–Kier alpha value is -1.55. The normalized spacial score (nSPS) is 12.3. The number of nitrogens with two attached hydrogens (primary N) is 1. The molecule has 100 valence electrons. The maximum Gasteiger partial charge on any atom is 0.223 e. The molecule has 1 rings (SSSR count). The molecule has 3 N–H and O–H groups in total. The molecule has 0 aromatic heterocycles. The maximum absolute atomic E-state index is 11.4. The van der Waals surface area contributed by atoms with Crippen molar-refractivity contribution in [2.24, 2.45) is 5.73 Å². The Morgan fingerprint density at radius 1 is 1.28 bits per heavy atom. The van der Waals surface area contributed by atoms with Gasteiger partial charge in [0.25, 0.3) is 0 Å². The number of nitrogens with one attached hydrogen (secondary N) is 1. The Labute approximate surface area is 109 Å². The van der Waals surface area contributed by atoms with Crippen LogP contribution in [0.15, 0.2) is 24.3 Å². The predicted octanol–water partition coefficient (Wildman–Crippen LogP) is 2.00. The van der Waals surface area contributed by atoms with Crippen LogP contribution in [0.2, 0.25) is 0 Å². The van der Waals surface area contributed by atoms with Crippen molar-refractivity contribution in [1.29, 1.82) is 0 Å². The Morgan fingerprint density at radius 3 is 2.39 bits per heavy atom. The fourth-order valence-corrected chi connectivity index (χ4v) is 1.52. The van der Waals surface area contributed by atoms with Crippen molar-refractivity contribution in [3.63, 3.8) is 0 Å². The summed E-state index contributed by atoms with van der Waals surface area (Å²) in [7, 11) is 0. The molecule has 0 saturated carbocycles. The third kappa shape index (κ3) is 5.19. The molecular formula is C14H22N2O2. The molecule has 4 nitrogen and oxygen atoms in total. The minimum absolute atomic E-state index is 0.0113. The van der Waals surface area contributed by atoms with Gasteiger partial charge >= 0.3 is 0 Å². The summed E-state index contributed by atoms with van der Waals surface area (Å²) < 4.78 is 5.49. The highest BCUT2D eigenvalue weighted by atomic mass is 16.5. The second-order valence-electron chi connectivity index (χ2n) is 4.68. The van der Waals surface area contributed by atoms with Gasteiger partial charge < -0.3 is 15.8 Å². The molecular weight excluding hydrogens is 228 g/mol. The number of carbonyl (C=O) groups excluding carboxylic acids is 1. The van der Waals surface area contributed by atoms with Gasteiger partial charge in [0.1, 0.15) is 5.75 Å². The van der Waals surface area contributed by atoms with Crippen LogP contribution in [0.5, 0.6) is 5.75 Å². The monoisotopic (exact) mass is 250 g/mol. The van der Waals surface area contributed by atoms with Crippen LogP contribution >= 0.6 is 0 Å². The molecule has 0 aliphatic heterocycles. The fourth-order valence-electron chi connectivity index (χ4n) is 1.52. The first-order valence-electron chi connectivity index (χ1n) is 6.26. The van der Waals surface area contributed by atoms with Crippen LogP contribution in [-0.4, -0.2) is 18.6 Å². The molecule has 4 heteroatoms. The molecule has 0 aliphatic carbocycles. The second-order valence-corrected chi connectivity index (χ2v) is 4.68. The molecule has 1 aromatic carbocycles. The average molecular weight is 250 g/mol. The van der Waals surface area contributed by atoms with Gasteiger partial charge in [0.05, 0.1) is 13.0 Å². The van der Waals surface area contributed by atoms with Crippen molar-refractivity contribution >= 4 is 5.91 Å². The van der Waals surface area contributed by atoms with E-state index in [1.54, 1.807) is 0 Å². The Balaban J connectivity index is 2.33. The summed E-state index contributed by atoms with van der Waals surface area (Å²) >= 11 is 0. The van der Waals surface area contributed by atoms with Crippen molar-refractivity contribution < 1.29 is 9.53 Å². The summed E-state index contributed by atoms with van der Waals surface area (Å²) in [6.07, 6.45) is 0.368. The van der Waals surface area contributed by atoms with E-state index in [9.17, 15) is 4.79 Å². The van der Waals surface area contributed by atoms with E-state index < -0.39 is 0 Å². The lowest BCUT2D eigenvalue weighted by molar-refractivity contribution is -0.122. The Bertz CT molecular complexity index is 372. The molecule has 0 bridgehead atoms. The third-order valence-electron chi connectivity index (χ3n) is 2.45. The van der Waals surface area contributed by atoms with Crippen molar-refractivity contribution in [1.82, 2.24) is 5.32 Å². The van der Waals surface area contributed by atoms with Crippen LogP contribution in [0.1, 0.15) is 38.8 Å². The minimum Gasteiger partial charge on any atom is -0.493 e. The van der Waals surface area contributed by atoms with Gasteiger partial charge in [-0.25, -0.2) is 0 Å². The molecule has 1 atom stereocenters. The number of rotatable bonds is 6. The maximum atomic E-state index is 11.4. The van der Waals surface area contributed by atoms with Gasteiger partial charge in [-0.2, -0.15) is 0 Å². The predicted molar refractivity (Wildman–Crippen MR) is 72.4 cm³/mol. The third-order valence-corrected chi connectivity index (χ3v) is 2.45. The topological polar surface area (TPSA) is 64.3 Å². The summed E-state index contributed by atoms with van der Waals surface area (Å²) in [6, 6.07) is 7.82. The highest BCUT2D eigenvalue weighted by Gasteiger charge is 2.04. The summed E-state index contributed by atoms with van der Waals surface area (Å²) in [4.78, 5) is 11.4. The van der Waals surface area contributed by atoms with Gasteiger partial charge in [0, 0.05) is 12.1 Å². The quantitative estimate of drug-likeness (QED) is 0.811. The molecule has 0 saturated heterocycles. The fraction of sp³-hybridized carbons (Fsp3) is 0.500. The zero-order valence-corrected chi connectivity index (χ0v) is 11.3. The van der Waals surface area contributed by atoms with E-state index in [2.05, 4.69) is 5.32 Å². The number of benzene rings is 1. The van der Waals surface area contributed by atoms with E-state index in [4.69, 9.17) is 10.5 Å². The number of ether oxygens (including phenoxy) is 1. The van der Waals surface area contributed by atoms with Crippen LogP contribution in [0.3, 0.4) is 0 Å². The average Bonchev–Trinajstić information content (AvgIpc) is 2.28. The van der Waals surface area contributed by atoms with E-state index in [0.29, 0.717) is 13.0 Å². The molecule has 0 spiro atoms. The van der Waals surface area contributed by atoms with Crippen molar-refractivity contribution in [2.75, 3.05) is 6.61 Å². The molecule has 0 heterocycles. The zero-order valence-electron chi connectivity index (χ0n) is 11.3. The second kappa shape index (κ2) is 7.01. The number of hydrogen-bond acceptors (Lipinski definition) is 3. The number of carbonyl (C=O) groups is 1. The lowest BCUT2D eigenvalue weighted by Gasteiger charge is -2.10. The number of hydrogen-bond donors (Lipinski definition) is 2. The van der Waals surface area contributed by atoms with Gasteiger partial charge in [-0.1, -0.05) is 12.1 Å². The summed E-state index contributed by atoms with van der Waals surface area (Å²) in [5.41, 5.74) is 6.83. The minimum atomic E-state index is 0.0113. The standard InChI is InChI=1S/C14H22N2O2/c1-10(2)16-14(17)8-9-18-13-6-4-12(5-7-13)11(3)15/h4-7,10-11H,8-9,15H2,1-3H3,(H,16,17). The molecule has 1 amide bonds. The van der Waals surface area contributed by atoms with Crippen LogP contribution < -0.4 is 15.8 Å². The lowest BCUT2D eigenvalue weighted by atomic mass is 10.1. The van der Waals surface area contributed by atoms with Crippen LogP contribution in [0.25, 0.3) is 0 Å². The van der Waals surface area contributed by atoms with Crippen LogP contribution in [0, 0.1) is 0 Å². The summed E-state index contributed by atoms with van der Waals surface area (Å²) in [5, 5.41) is 2.82. The van der Waals surface area contributed by atoms with E-state index in [1.807, 2.05) is 45.0 Å². The Morgan fingerprint density at radius 2 is 1.89 bits per heavy atom. The van der Waals surface area contributed by atoms with Gasteiger partial charge in [0.2, 0.25) is 5.91 Å². The Kier molecular flexibility index (Phi) is 5.65. The molecule has 1 unspecified atom stereocenters. The van der Waals surface area contributed by atoms with E-state index in [-0.39, 0.29) is 18.0 Å². The number of amides is 1. The summed E-state index contributed by atoms with van der Waals surface area (Å²) in [6.45, 7) is 6.19. The van der Waals surface area contributed by atoms with Gasteiger partial charge in [-0.3, -0.25) is 4.79 Å². The lowest BCUT2D eigenvalue weighted by Crippen LogP contribution is -2.31. The van der Waals surface area contributed by atoms with E-state index in [1.165, 1.54) is 0 Å². The van der Waals surface area contributed by atoms with Crippen molar-refractivity contribution in [2.45, 2.75) is 39.3 Å². The van der Waals surface area contributed by atoms with Crippen LogP contribution in [-0.2, 0) is 4.79 Å². The smallest absolute Gasteiger partial charge is 0.223 e. The zero-order chi connectivity index (χ0) is 13.5. The molecule has 1 aromatic rings. The molecule has 0 fully saturated rings. The first-order valence-corrected chi connectivity index (χ1v) is 6.26. The molecule has 0 radical (unpaired) electrons. The van der Waals surface area contributed by atoms with Gasteiger partial charge in [-0.05, 0) is 38.5 Å². The molecule has 0 aliphatic rings. The van der Waals surface area contributed by atoms with Gasteiger partial charge in [-0.15, -0.1) is 0 Å². The highest BCUT2D eigenvalue weighted by molar-refractivity contribution is 5.76. The largest absolute Gasteiger partial charge is 0.493 e. The first kappa shape index (κ1) is 14.5. The SMILES string of the molecule is CC(C)NC(=O)CCOc1ccc(C(C)N)cc1. The van der Waals surface area contributed by atoms with E-state index in [0.717, 1.165) is 11.3 Å². The van der Waals surface area contributed by atoms with Crippen LogP contribution in [0.4, 0.5) is 0 Å². The first-order chi connectivity index (χ1) is 8.49. The molecule has 18 heavy (non-hydrogen) atoms.